The van der Waals surface area contributed by atoms with Gasteiger partial charge in [0.2, 0.25) is 0 Å². The molecule has 8 nitrogen and oxygen atoms in total. The van der Waals surface area contributed by atoms with Crippen LogP contribution < -0.4 is 5.32 Å². The van der Waals surface area contributed by atoms with Crippen molar-refractivity contribution in [1.29, 1.82) is 0 Å². The first-order valence-corrected chi connectivity index (χ1v) is 5.35. The van der Waals surface area contributed by atoms with Crippen LogP contribution in [0.1, 0.15) is 5.56 Å². The summed E-state index contributed by atoms with van der Waals surface area (Å²) in [6.45, 7) is -0.483. The first-order valence-electron chi connectivity index (χ1n) is 5.35. The SMILES string of the molecule is CN(CC(=O)O)C(=O)NCc1ccccc1[N+](=O)[O-]. The van der Waals surface area contributed by atoms with E-state index in [9.17, 15) is 19.7 Å². The molecule has 0 aromatic heterocycles. The van der Waals surface area contributed by atoms with Crippen LogP contribution in [0.25, 0.3) is 0 Å². The van der Waals surface area contributed by atoms with Crippen LogP contribution in [-0.2, 0) is 11.3 Å². The number of benzene rings is 1. The Bertz CT molecular complexity index is 503. The number of nitro benzene ring substituents is 1. The zero-order valence-electron chi connectivity index (χ0n) is 10.2. The van der Waals surface area contributed by atoms with Crippen molar-refractivity contribution >= 4 is 17.7 Å². The van der Waals surface area contributed by atoms with Crippen LogP contribution in [0, 0.1) is 10.1 Å². The molecule has 1 rings (SSSR count). The quantitative estimate of drug-likeness (QED) is 0.605. The molecule has 0 aliphatic carbocycles. The Morgan fingerprint density at radius 3 is 2.63 bits per heavy atom. The third kappa shape index (κ3) is 4.26. The Hall–Kier alpha value is -2.64. The van der Waals surface area contributed by atoms with Gasteiger partial charge in [0.1, 0.15) is 6.54 Å². The summed E-state index contributed by atoms with van der Waals surface area (Å²) in [5, 5.41) is 21.7. The third-order valence-electron chi connectivity index (χ3n) is 2.34. The van der Waals surface area contributed by atoms with Gasteiger partial charge in [-0.25, -0.2) is 4.79 Å². The summed E-state index contributed by atoms with van der Waals surface area (Å²) in [6.07, 6.45) is 0. The number of carbonyl (C=O) groups is 2. The monoisotopic (exact) mass is 267 g/mol. The minimum absolute atomic E-state index is 0.0417. The fourth-order valence-electron chi connectivity index (χ4n) is 1.42. The summed E-state index contributed by atoms with van der Waals surface area (Å²) in [6, 6.07) is 5.40. The molecule has 8 heteroatoms. The van der Waals surface area contributed by atoms with E-state index in [1.54, 1.807) is 6.07 Å². The topological polar surface area (TPSA) is 113 Å². The Balaban J connectivity index is 2.64. The standard InChI is InChI=1S/C11H13N3O5/c1-13(7-10(15)16)11(17)12-6-8-4-2-3-5-9(8)14(18)19/h2-5H,6-7H2,1H3,(H,12,17)(H,15,16). The Kier molecular flexibility index (Phi) is 4.81. The molecule has 0 saturated carbocycles. The highest BCUT2D eigenvalue weighted by molar-refractivity contribution is 5.79. The van der Waals surface area contributed by atoms with Gasteiger partial charge in [0, 0.05) is 18.7 Å². The molecule has 0 bridgehead atoms. The zero-order chi connectivity index (χ0) is 14.4. The number of aliphatic carboxylic acids is 1. The number of carbonyl (C=O) groups excluding carboxylic acids is 1. The number of nitro groups is 1. The lowest BCUT2D eigenvalue weighted by molar-refractivity contribution is -0.385. The number of hydrogen-bond donors (Lipinski definition) is 2. The molecule has 2 amide bonds. The van der Waals surface area contributed by atoms with Crippen molar-refractivity contribution in [2.24, 2.45) is 0 Å². The van der Waals surface area contributed by atoms with Crippen LogP contribution in [0.3, 0.4) is 0 Å². The maximum atomic E-state index is 11.5. The molecule has 0 aliphatic rings. The van der Waals surface area contributed by atoms with Crippen molar-refractivity contribution in [3.05, 3.63) is 39.9 Å². The molecule has 0 radical (unpaired) electrons. The molecule has 19 heavy (non-hydrogen) atoms. The van der Waals surface area contributed by atoms with Gasteiger partial charge in [0.05, 0.1) is 11.5 Å². The van der Waals surface area contributed by atoms with Gasteiger partial charge in [-0.05, 0) is 0 Å². The molecule has 1 aromatic carbocycles. The van der Waals surface area contributed by atoms with Crippen LogP contribution in [0.15, 0.2) is 24.3 Å². The van der Waals surface area contributed by atoms with E-state index in [-0.39, 0.29) is 12.2 Å². The van der Waals surface area contributed by atoms with E-state index in [0.29, 0.717) is 5.56 Å². The number of nitrogens with one attached hydrogen (secondary N) is 1. The Morgan fingerprint density at radius 2 is 2.05 bits per heavy atom. The second-order valence-electron chi connectivity index (χ2n) is 3.79. The van der Waals surface area contributed by atoms with Crippen molar-refractivity contribution in [2.75, 3.05) is 13.6 Å². The molecule has 0 saturated heterocycles. The van der Waals surface area contributed by atoms with Crippen molar-refractivity contribution in [2.45, 2.75) is 6.54 Å². The average molecular weight is 267 g/mol. The number of nitrogens with zero attached hydrogens (tertiary/aromatic N) is 2. The smallest absolute Gasteiger partial charge is 0.323 e. The van der Waals surface area contributed by atoms with E-state index in [4.69, 9.17) is 5.11 Å². The zero-order valence-corrected chi connectivity index (χ0v) is 10.2. The Labute approximate surface area is 108 Å². The van der Waals surface area contributed by atoms with E-state index in [1.165, 1.54) is 25.2 Å². The maximum absolute atomic E-state index is 11.5. The molecule has 0 aliphatic heterocycles. The van der Waals surface area contributed by atoms with E-state index < -0.39 is 23.5 Å². The highest BCUT2D eigenvalue weighted by Gasteiger charge is 2.15. The molecule has 0 fully saturated rings. The molecule has 2 N–H and O–H groups in total. The first-order chi connectivity index (χ1) is 8.91. The maximum Gasteiger partial charge on any atom is 0.323 e. The number of carboxylic acids is 1. The number of urea groups is 1. The van der Waals surface area contributed by atoms with Crippen LogP contribution in [0.5, 0.6) is 0 Å². The molecule has 102 valence electrons. The van der Waals surface area contributed by atoms with Crippen molar-refractivity contribution in [3.8, 4) is 0 Å². The van der Waals surface area contributed by atoms with Crippen molar-refractivity contribution in [3.63, 3.8) is 0 Å². The number of rotatable bonds is 5. The molecule has 0 unspecified atom stereocenters. The summed E-state index contributed by atoms with van der Waals surface area (Å²) < 4.78 is 0. The lowest BCUT2D eigenvalue weighted by atomic mass is 10.2. The van der Waals surface area contributed by atoms with Gasteiger partial charge in [-0.2, -0.15) is 0 Å². The predicted octanol–water partition coefficient (Wildman–Crippen LogP) is 0.821. The molecule has 0 heterocycles. The first kappa shape index (κ1) is 14.4. The largest absolute Gasteiger partial charge is 0.480 e. The summed E-state index contributed by atoms with van der Waals surface area (Å²) in [5.41, 5.74) is 0.258. The molecular weight excluding hydrogens is 254 g/mol. The third-order valence-corrected chi connectivity index (χ3v) is 2.34. The van der Waals surface area contributed by atoms with Crippen LogP contribution in [0.2, 0.25) is 0 Å². The van der Waals surface area contributed by atoms with Crippen molar-refractivity contribution < 1.29 is 19.6 Å². The van der Waals surface area contributed by atoms with Gasteiger partial charge < -0.3 is 15.3 Å². The van der Waals surface area contributed by atoms with E-state index in [1.807, 2.05) is 0 Å². The summed E-state index contributed by atoms with van der Waals surface area (Å²) in [7, 11) is 1.32. The summed E-state index contributed by atoms with van der Waals surface area (Å²) in [4.78, 5) is 33.1. The number of hydrogen-bond acceptors (Lipinski definition) is 4. The summed E-state index contributed by atoms with van der Waals surface area (Å²) >= 11 is 0. The number of amides is 2. The number of carboxylic acid groups (broad SMARTS) is 1. The van der Waals surface area contributed by atoms with Gasteiger partial charge in [0.25, 0.3) is 5.69 Å². The molecular formula is C11H13N3O5. The van der Waals surface area contributed by atoms with Crippen LogP contribution >= 0.6 is 0 Å². The highest BCUT2D eigenvalue weighted by Crippen LogP contribution is 2.17. The van der Waals surface area contributed by atoms with Crippen LogP contribution in [-0.4, -0.2) is 40.5 Å². The number of likely N-dealkylation sites (N-methyl/N-ethyl adjacent to an activating group) is 1. The van der Waals surface area contributed by atoms with Crippen LogP contribution in [0.4, 0.5) is 10.5 Å². The summed E-state index contributed by atoms with van der Waals surface area (Å²) in [5.74, 6) is -1.14. The lowest BCUT2D eigenvalue weighted by Crippen LogP contribution is -2.39. The second kappa shape index (κ2) is 6.34. The molecule has 0 atom stereocenters. The van der Waals surface area contributed by atoms with Gasteiger partial charge in [0.15, 0.2) is 0 Å². The van der Waals surface area contributed by atoms with Crippen molar-refractivity contribution in [1.82, 2.24) is 10.2 Å². The average Bonchev–Trinajstić information content (AvgIpc) is 2.35. The fourth-order valence-corrected chi connectivity index (χ4v) is 1.42. The predicted molar refractivity (Wildman–Crippen MR) is 65.6 cm³/mol. The fraction of sp³-hybridized carbons (Fsp3) is 0.273. The van der Waals surface area contributed by atoms with E-state index in [0.717, 1.165) is 4.90 Å². The van der Waals surface area contributed by atoms with Gasteiger partial charge in [-0.15, -0.1) is 0 Å². The Morgan fingerprint density at radius 1 is 1.42 bits per heavy atom. The number of para-hydroxylation sites is 1. The second-order valence-corrected chi connectivity index (χ2v) is 3.79. The minimum atomic E-state index is -1.14. The highest BCUT2D eigenvalue weighted by atomic mass is 16.6. The van der Waals surface area contributed by atoms with Gasteiger partial charge in [-0.3, -0.25) is 14.9 Å². The van der Waals surface area contributed by atoms with E-state index >= 15 is 0 Å². The molecule has 1 aromatic rings. The van der Waals surface area contributed by atoms with Gasteiger partial charge in [-0.1, -0.05) is 18.2 Å². The lowest BCUT2D eigenvalue weighted by Gasteiger charge is -2.15. The van der Waals surface area contributed by atoms with Gasteiger partial charge >= 0.3 is 12.0 Å². The normalized spacial score (nSPS) is 9.74. The van der Waals surface area contributed by atoms with E-state index in [2.05, 4.69) is 5.32 Å². The molecule has 0 spiro atoms. The minimum Gasteiger partial charge on any atom is -0.480 e.